The summed E-state index contributed by atoms with van der Waals surface area (Å²) in [6.07, 6.45) is 3.09. The number of aryl methyl sites for hydroxylation is 1. The maximum Gasteiger partial charge on any atom is 0.0630 e. The van der Waals surface area contributed by atoms with Crippen molar-refractivity contribution in [3.63, 3.8) is 0 Å². The predicted octanol–water partition coefficient (Wildman–Crippen LogP) is 7.41. The number of benzene rings is 3. The zero-order valence-corrected chi connectivity index (χ0v) is 16.5. The van der Waals surface area contributed by atoms with Crippen molar-refractivity contribution < 1.29 is 0 Å². The Balaban J connectivity index is 1.63. The van der Waals surface area contributed by atoms with Gasteiger partial charge in [0.15, 0.2) is 0 Å². The summed E-state index contributed by atoms with van der Waals surface area (Å²) in [5, 5.41) is 0. The Morgan fingerprint density at radius 3 is 2.00 bits per heavy atom. The Hall–Kier alpha value is -2.32. The van der Waals surface area contributed by atoms with E-state index >= 15 is 0 Å². The molecule has 0 saturated heterocycles. The van der Waals surface area contributed by atoms with E-state index in [-0.39, 0.29) is 0 Å². The van der Waals surface area contributed by atoms with Crippen molar-refractivity contribution in [1.82, 2.24) is 0 Å². The van der Waals surface area contributed by atoms with Crippen LogP contribution in [0.15, 0.2) is 87.6 Å². The molecule has 1 atom stereocenters. The lowest BCUT2D eigenvalue weighted by atomic mass is 9.99. The van der Waals surface area contributed by atoms with Crippen molar-refractivity contribution in [3.8, 4) is 0 Å². The predicted molar refractivity (Wildman–Crippen MR) is 114 cm³/mol. The summed E-state index contributed by atoms with van der Waals surface area (Å²) in [7, 11) is 0. The normalized spacial score (nSPS) is 12.4. The number of aliphatic imine (C=N–C) groups is 1. The van der Waals surface area contributed by atoms with Crippen LogP contribution in [0.1, 0.15) is 42.9 Å². The molecule has 0 aromatic heterocycles. The minimum atomic E-state index is 0.603. The number of rotatable bonds is 6. The van der Waals surface area contributed by atoms with E-state index in [1.54, 1.807) is 11.8 Å². The summed E-state index contributed by atoms with van der Waals surface area (Å²) in [5.74, 6) is 0.603. The Morgan fingerprint density at radius 1 is 0.846 bits per heavy atom. The second-order valence-electron chi connectivity index (χ2n) is 6.64. The molecule has 0 N–H and O–H groups in total. The highest BCUT2D eigenvalue weighted by atomic mass is 32.2. The molecule has 0 saturated carbocycles. The lowest BCUT2D eigenvalue weighted by Crippen LogP contribution is -1.89. The third-order valence-corrected chi connectivity index (χ3v) is 5.59. The first-order valence-corrected chi connectivity index (χ1v) is 9.94. The maximum absolute atomic E-state index is 4.59. The molecule has 1 nitrogen and oxygen atoms in total. The largest absolute Gasteiger partial charge is 0.256 e. The van der Waals surface area contributed by atoms with E-state index in [1.807, 2.05) is 6.21 Å². The van der Waals surface area contributed by atoms with Crippen LogP contribution >= 0.6 is 11.8 Å². The van der Waals surface area contributed by atoms with Gasteiger partial charge in [0.05, 0.1) is 5.69 Å². The van der Waals surface area contributed by atoms with E-state index in [0.29, 0.717) is 5.92 Å². The Kier molecular flexibility index (Phi) is 6.30. The van der Waals surface area contributed by atoms with Crippen molar-refractivity contribution >= 4 is 23.7 Å². The fourth-order valence-electron chi connectivity index (χ4n) is 2.64. The molecule has 0 unspecified atom stereocenters. The Bertz CT molecular complexity index is 846. The molecule has 3 aromatic carbocycles. The van der Waals surface area contributed by atoms with Gasteiger partial charge >= 0.3 is 0 Å². The standard InChI is InChI=1S/C24H25NS/c1-4-19(3)21-9-11-22(12-10-21)25-17-20-7-15-24(16-8-20)26-23-13-5-18(2)6-14-23/h5-17,19H,4H2,1-3H3/t19-/m1/s1. The topological polar surface area (TPSA) is 12.4 Å². The molecule has 0 heterocycles. The second-order valence-corrected chi connectivity index (χ2v) is 7.79. The number of hydrogen-bond acceptors (Lipinski definition) is 2. The summed E-state index contributed by atoms with van der Waals surface area (Å²) in [6, 6.07) is 25.7. The van der Waals surface area contributed by atoms with Crippen molar-refractivity contribution in [2.24, 2.45) is 4.99 Å². The molecule has 132 valence electrons. The zero-order valence-electron chi connectivity index (χ0n) is 15.6. The lowest BCUT2D eigenvalue weighted by molar-refractivity contribution is 0.734. The van der Waals surface area contributed by atoms with Crippen LogP contribution in [-0.2, 0) is 0 Å². The first-order chi connectivity index (χ1) is 12.6. The summed E-state index contributed by atoms with van der Waals surface area (Å²) in [4.78, 5) is 7.10. The van der Waals surface area contributed by atoms with E-state index in [2.05, 4.69) is 98.6 Å². The van der Waals surface area contributed by atoms with Gasteiger partial charge in [-0.05, 0) is 66.8 Å². The molecule has 3 rings (SSSR count). The van der Waals surface area contributed by atoms with Crippen LogP contribution in [0.5, 0.6) is 0 Å². The van der Waals surface area contributed by atoms with Gasteiger partial charge in [0.2, 0.25) is 0 Å². The molecule has 2 heteroatoms. The molecule has 0 aliphatic carbocycles. The van der Waals surface area contributed by atoms with Crippen LogP contribution in [0, 0.1) is 6.92 Å². The van der Waals surface area contributed by atoms with Gasteiger partial charge in [-0.3, -0.25) is 4.99 Å². The minimum absolute atomic E-state index is 0.603. The van der Waals surface area contributed by atoms with Gasteiger partial charge in [0.1, 0.15) is 0 Å². The van der Waals surface area contributed by atoms with E-state index < -0.39 is 0 Å². The molecule has 26 heavy (non-hydrogen) atoms. The van der Waals surface area contributed by atoms with E-state index in [0.717, 1.165) is 17.7 Å². The fourth-order valence-corrected chi connectivity index (χ4v) is 3.45. The van der Waals surface area contributed by atoms with Crippen LogP contribution in [0.2, 0.25) is 0 Å². The molecule has 0 aliphatic heterocycles. The second kappa shape index (κ2) is 8.86. The first-order valence-electron chi connectivity index (χ1n) is 9.12. The summed E-state index contributed by atoms with van der Waals surface area (Å²) in [5.41, 5.74) is 4.78. The SMILES string of the molecule is CC[C@@H](C)c1ccc(N=Cc2ccc(Sc3ccc(C)cc3)cc2)cc1. The fraction of sp³-hybridized carbons (Fsp3) is 0.208. The molecular formula is C24H25NS. The van der Waals surface area contributed by atoms with E-state index in [1.165, 1.54) is 20.9 Å². The first kappa shape index (κ1) is 18.5. The highest BCUT2D eigenvalue weighted by Gasteiger charge is 2.02. The van der Waals surface area contributed by atoms with Gasteiger partial charge < -0.3 is 0 Å². The quantitative estimate of drug-likeness (QED) is 0.417. The zero-order chi connectivity index (χ0) is 18.4. The molecule has 0 radical (unpaired) electrons. The summed E-state index contributed by atoms with van der Waals surface area (Å²) < 4.78 is 0. The van der Waals surface area contributed by atoms with Gasteiger partial charge in [0, 0.05) is 16.0 Å². The summed E-state index contributed by atoms with van der Waals surface area (Å²) >= 11 is 1.78. The summed E-state index contributed by atoms with van der Waals surface area (Å²) in [6.45, 7) is 6.59. The van der Waals surface area contributed by atoms with Crippen molar-refractivity contribution in [1.29, 1.82) is 0 Å². The molecule has 3 aromatic rings. The highest BCUT2D eigenvalue weighted by Crippen LogP contribution is 2.28. The smallest absolute Gasteiger partial charge is 0.0630 e. The van der Waals surface area contributed by atoms with E-state index in [9.17, 15) is 0 Å². The molecular weight excluding hydrogens is 334 g/mol. The average molecular weight is 360 g/mol. The van der Waals surface area contributed by atoms with Gasteiger partial charge in [-0.15, -0.1) is 0 Å². The Morgan fingerprint density at radius 2 is 1.42 bits per heavy atom. The number of nitrogens with zero attached hydrogens (tertiary/aromatic N) is 1. The van der Waals surface area contributed by atoms with Crippen LogP contribution in [-0.4, -0.2) is 6.21 Å². The van der Waals surface area contributed by atoms with Crippen LogP contribution in [0.25, 0.3) is 0 Å². The van der Waals surface area contributed by atoms with Gasteiger partial charge in [-0.25, -0.2) is 0 Å². The van der Waals surface area contributed by atoms with Gasteiger partial charge in [-0.2, -0.15) is 0 Å². The lowest BCUT2D eigenvalue weighted by Gasteiger charge is -2.08. The monoisotopic (exact) mass is 359 g/mol. The average Bonchev–Trinajstić information content (AvgIpc) is 2.69. The number of hydrogen-bond donors (Lipinski definition) is 0. The molecule has 0 fully saturated rings. The third kappa shape index (κ3) is 5.09. The Labute approximate surface area is 161 Å². The van der Waals surface area contributed by atoms with Gasteiger partial charge in [-0.1, -0.05) is 67.6 Å². The third-order valence-electron chi connectivity index (χ3n) is 4.57. The molecule has 0 bridgehead atoms. The molecule has 0 spiro atoms. The van der Waals surface area contributed by atoms with Crippen LogP contribution in [0.4, 0.5) is 5.69 Å². The highest BCUT2D eigenvalue weighted by molar-refractivity contribution is 7.99. The minimum Gasteiger partial charge on any atom is -0.256 e. The van der Waals surface area contributed by atoms with Crippen molar-refractivity contribution in [3.05, 3.63) is 89.5 Å². The van der Waals surface area contributed by atoms with Crippen molar-refractivity contribution in [2.75, 3.05) is 0 Å². The maximum atomic E-state index is 4.59. The van der Waals surface area contributed by atoms with Crippen molar-refractivity contribution in [2.45, 2.75) is 42.9 Å². The van der Waals surface area contributed by atoms with Crippen LogP contribution < -0.4 is 0 Å². The van der Waals surface area contributed by atoms with Crippen LogP contribution in [0.3, 0.4) is 0 Å². The molecule has 0 amide bonds. The molecule has 0 aliphatic rings. The van der Waals surface area contributed by atoms with E-state index in [4.69, 9.17) is 0 Å². The van der Waals surface area contributed by atoms with Gasteiger partial charge in [0.25, 0.3) is 0 Å².